The van der Waals surface area contributed by atoms with Gasteiger partial charge in [-0.05, 0) is 32.9 Å². The summed E-state index contributed by atoms with van der Waals surface area (Å²) < 4.78 is 32.6. The van der Waals surface area contributed by atoms with E-state index in [1.54, 1.807) is 13.8 Å². The van der Waals surface area contributed by atoms with Crippen LogP contribution in [0.15, 0.2) is 22.6 Å². The molecule has 0 saturated heterocycles. The molecule has 0 aliphatic rings. The number of hydrazone groups is 1. The molecule has 0 bridgehead atoms. The molecule has 0 aliphatic heterocycles. The van der Waals surface area contributed by atoms with Gasteiger partial charge in [0.15, 0.2) is 17.4 Å². The second kappa shape index (κ2) is 6.62. The van der Waals surface area contributed by atoms with Crippen molar-refractivity contribution in [1.29, 1.82) is 0 Å². The number of nitrogens with zero attached hydrogens (tertiary/aromatic N) is 2. The van der Waals surface area contributed by atoms with Crippen molar-refractivity contribution in [2.24, 2.45) is 5.10 Å². The Morgan fingerprint density at radius 1 is 1.33 bits per heavy atom. The maximum Gasteiger partial charge on any atom is 0.203 e. The summed E-state index contributed by atoms with van der Waals surface area (Å²) >= 11 is 1.40. The zero-order valence-corrected chi connectivity index (χ0v) is 12.7. The van der Waals surface area contributed by atoms with Crippen molar-refractivity contribution >= 4 is 22.7 Å². The Bertz CT molecular complexity index is 632. The van der Waals surface area contributed by atoms with Crippen LogP contribution in [0, 0.1) is 18.6 Å². The van der Waals surface area contributed by atoms with Crippen LogP contribution in [-0.2, 0) is 0 Å². The van der Waals surface area contributed by atoms with Gasteiger partial charge < -0.3 is 4.74 Å². The van der Waals surface area contributed by atoms with Gasteiger partial charge in [-0.1, -0.05) is 0 Å². The summed E-state index contributed by atoms with van der Waals surface area (Å²) in [5.74, 6) is -1.88. The third-order valence-electron chi connectivity index (χ3n) is 2.37. The molecule has 2 aromatic rings. The van der Waals surface area contributed by atoms with Crippen molar-refractivity contribution in [2.45, 2.75) is 26.9 Å². The highest BCUT2D eigenvalue weighted by molar-refractivity contribution is 7.13. The molecule has 0 spiro atoms. The number of aromatic nitrogens is 1. The third kappa shape index (κ3) is 4.22. The van der Waals surface area contributed by atoms with Crippen LogP contribution in [0.3, 0.4) is 0 Å². The molecule has 7 heteroatoms. The maximum atomic E-state index is 13.8. The first-order chi connectivity index (χ1) is 9.95. The summed E-state index contributed by atoms with van der Waals surface area (Å²) in [5, 5.41) is 6.38. The Kier molecular flexibility index (Phi) is 4.85. The van der Waals surface area contributed by atoms with E-state index in [2.05, 4.69) is 15.5 Å². The molecule has 0 fully saturated rings. The van der Waals surface area contributed by atoms with Crippen LogP contribution < -0.4 is 10.2 Å². The predicted octanol–water partition coefficient (Wildman–Crippen LogP) is 3.96. The average molecular weight is 311 g/mol. The average Bonchev–Trinajstić information content (AvgIpc) is 2.79. The van der Waals surface area contributed by atoms with Gasteiger partial charge >= 0.3 is 0 Å². The van der Waals surface area contributed by atoms with Crippen molar-refractivity contribution in [3.8, 4) is 5.75 Å². The first-order valence-corrected chi connectivity index (χ1v) is 7.20. The minimum Gasteiger partial charge on any atom is -0.485 e. The number of ether oxygens (including phenoxy) is 1. The lowest BCUT2D eigenvalue weighted by molar-refractivity contribution is 0.219. The molecule has 0 amide bonds. The molecule has 4 nitrogen and oxygen atoms in total. The van der Waals surface area contributed by atoms with E-state index in [1.807, 2.05) is 12.3 Å². The van der Waals surface area contributed by atoms with Crippen LogP contribution in [-0.4, -0.2) is 17.3 Å². The first kappa shape index (κ1) is 15.4. The van der Waals surface area contributed by atoms with Crippen molar-refractivity contribution in [3.63, 3.8) is 0 Å². The quantitative estimate of drug-likeness (QED) is 0.671. The van der Waals surface area contributed by atoms with Crippen LogP contribution in [0.5, 0.6) is 5.75 Å². The fraction of sp³-hybridized carbons (Fsp3) is 0.286. The van der Waals surface area contributed by atoms with Crippen molar-refractivity contribution in [3.05, 3.63) is 40.4 Å². The molecule has 0 saturated carbocycles. The molecule has 1 aromatic heterocycles. The van der Waals surface area contributed by atoms with E-state index < -0.39 is 11.6 Å². The molecule has 1 aromatic carbocycles. The van der Waals surface area contributed by atoms with E-state index >= 15 is 0 Å². The van der Waals surface area contributed by atoms with E-state index in [1.165, 1.54) is 29.7 Å². The number of rotatable bonds is 5. The van der Waals surface area contributed by atoms with E-state index in [-0.39, 0.29) is 11.9 Å². The third-order valence-corrected chi connectivity index (χ3v) is 3.23. The lowest BCUT2D eigenvalue weighted by atomic mass is 10.2. The van der Waals surface area contributed by atoms with E-state index in [4.69, 9.17) is 4.74 Å². The van der Waals surface area contributed by atoms with Crippen LogP contribution in [0.1, 0.15) is 25.1 Å². The monoisotopic (exact) mass is 311 g/mol. The Morgan fingerprint density at radius 2 is 2.00 bits per heavy atom. The first-order valence-electron chi connectivity index (χ1n) is 6.32. The van der Waals surface area contributed by atoms with Gasteiger partial charge in [0.05, 0.1) is 18.0 Å². The zero-order chi connectivity index (χ0) is 15.4. The van der Waals surface area contributed by atoms with Gasteiger partial charge in [0.2, 0.25) is 5.13 Å². The second-order valence-corrected chi connectivity index (χ2v) is 5.50. The number of halogens is 2. The molecule has 0 radical (unpaired) electrons. The molecular weight excluding hydrogens is 296 g/mol. The smallest absolute Gasteiger partial charge is 0.203 e. The van der Waals surface area contributed by atoms with Crippen LogP contribution in [0.4, 0.5) is 13.9 Å². The molecule has 0 aliphatic carbocycles. The molecule has 1 heterocycles. The molecule has 0 unspecified atom stereocenters. The summed E-state index contributed by atoms with van der Waals surface area (Å²) in [6.45, 7) is 5.27. The number of nitrogens with one attached hydrogen (secondary N) is 1. The van der Waals surface area contributed by atoms with Crippen LogP contribution in [0.2, 0.25) is 0 Å². The van der Waals surface area contributed by atoms with Crippen molar-refractivity contribution in [2.75, 3.05) is 5.43 Å². The van der Waals surface area contributed by atoms with Crippen LogP contribution in [0.25, 0.3) is 0 Å². The zero-order valence-electron chi connectivity index (χ0n) is 11.9. The van der Waals surface area contributed by atoms with E-state index in [0.29, 0.717) is 10.7 Å². The number of aryl methyl sites for hydroxylation is 1. The lowest BCUT2D eigenvalue weighted by Gasteiger charge is -2.11. The highest BCUT2D eigenvalue weighted by Crippen LogP contribution is 2.24. The fourth-order valence-corrected chi connectivity index (χ4v) is 2.21. The minimum atomic E-state index is -0.754. The summed E-state index contributed by atoms with van der Waals surface area (Å²) in [7, 11) is 0. The second-order valence-electron chi connectivity index (χ2n) is 4.64. The Balaban J connectivity index is 2.10. The summed E-state index contributed by atoms with van der Waals surface area (Å²) in [4.78, 5) is 4.15. The summed E-state index contributed by atoms with van der Waals surface area (Å²) in [6, 6.07) is 2.33. The highest BCUT2D eigenvalue weighted by Gasteiger charge is 2.13. The summed E-state index contributed by atoms with van der Waals surface area (Å²) in [6.07, 6.45) is 1.02. The Labute approximate surface area is 125 Å². The number of anilines is 1. The van der Waals surface area contributed by atoms with Gasteiger partial charge in [0.1, 0.15) is 0 Å². The molecule has 112 valence electrons. The largest absolute Gasteiger partial charge is 0.485 e. The molecular formula is C14H15F2N3OS. The van der Waals surface area contributed by atoms with Gasteiger partial charge in [0.25, 0.3) is 0 Å². The Hall–Kier alpha value is -2.02. The maximum absolute atomic E-state index is 13.8. The molecule has 1 N–H and O–H groups in total. The van der Waals surface area contributed by atoms with Gasteiger partial charge in [-0.15, -0.1) is 11.3 Å². The van der Waals surface area contributed by atoms with Crippen LogP contribution >= 0.6 is 11.3 Å². The number of thiazole rings is 1. The summed E-state index contributed by atoms with van der Waals surface area (Å²) in [5.41, 5.74) is 3.87. The number of benzene rings is 1. The van der Waals surface area contributed by atoms with Gasteiger partial charge in [-0.3, -0.25) is 5.43 Å². The topological polar surface area (TPSA) is 46.5 Å². The minimum absolute atomic E-state index is 0.293. The van der Waals surface area contributed by atoms with E-state index in [0.717, 1.165) is 5.69 Å². The normalized spacial score (nSPS) is 11.3. The SMILES string of the molecule is Cc1csc(NN=Cc2cc(F)c(OC(C)C)c(F)c2)n1. The molecule has 21 heavy (non-hydrogen) atoms. The van der Waals surface area contributed by atoms with Gasteiger partial charge in [-0.25, -0.2) is 13.8 Å². The predicted molar refractivity (Wildman–Crippen MR) is 80.2 cm³/mol. The number of hydrogen-bond acceptors (Lipinski definition) is 5. The number of hydrogen-bond donors (Lipinski definition) is 1. The molecule has 2 rings (SSSR count). The highest BCUT2D eigenvalue weighted by atomic mass is 32.1. The fourth-order valence-electron chi connectivity index (χ4n) is 1.57. The molecule has 0 atom stereocenters. The van der Waals surface area contributed by atoms with E-state index in [9.17, 15) is 8.78 Å². The Morgan fingerprint density at radius 3 is 2.52 bits per heavy atom. The lowest BCUT2D eigenvalue weighted by Crippen LogP contribution is -2.09. The standard InChI is InChI=1S/C14H15F2N3OS/c1-8(2)20-13-11(15)4-10(5-12(13)16)6-17-19-14-18-9(3)7-21-14/h4-8H,1-3H3,(H,18,19). The van der Waals surface area contributed by atoms with Gasteiger partial charge in [-0.2, -0.15) is 5.10 Å². The van der Waals surface area contributed by atoms with Crippen molar-refractivity contribution in [1.82, 2.24) is 4.98 Å². The van der Waals surface area contributed by atoms with Crippen molar-refractivity contribution < 1.29 is 13.5 Å². The van der Waals surface area contributed by atoms with Gasteiger partial charge in [0, 0.05) is 10.9 Å².